The van der Waals surface area contributed by atoms with Gasteiger partial charge in [0, 0.05) is 25.1 Å². The standard InChI is InChI=1S/C25H27FN8O/c1-3-25(8-9-25)13-29-21-22-28-10-11-34(22)12-16(30-21)19-31-18(27)17-20(32-19)33-23(35)24(17,2)14-4-6-15(26)7-5-14/h4-7,10-12,23,35H,3,8-9,13H2,1-2H3,(H,29,30)(H3,27,31,32,33). The van der Waals surface area contributed by atoms with Crippen LogP contribution in [0.1, 0.15) is 44.2 Å². The Labute approximate surface area is 201 Å². The molecule has 0 radical (unpaired) electrons. The first-order valence-electron chi connectivity index (χ1n) is 11.8. The molecule has 4 heterocycles. The third-order valence-corrected chi connectivity index (χ3v) is 7.66. The maximum Gasteiger partial charge on any atom is 0.183 e. The second-order valence-electron chi connectivity index (χ2n) is 9.75. The number of nitrogens with one attached hydrogen (secondary N) is 2. The first-order chi connectivity index (χ1) is 16.8. The van der Waals surface area contributed by atoms with Crippen LogP contribution >= 0.6 is 0 Å². The summed E-state index contributed by atoms with van der Waals surface area (Å²) in [5.74, 6) is 1.30. The number of anilines is 3. The normalized spacial score (nSPS) is 22.1. The number of aromatic nitrogens is 5. The van der Waals surface area contributed by atoms with Crippen molar-refractivity contribution in [2.45, 2.75) is 44.8 Å². The summed E-state index contributed by atoms with van der Waals surface area (Å²) in [6, 6.07) is 6.00. The lowest BCUT2D eigenvalue weighted by Gasteiger charge is -2.29. The zero-order chi connectivity index (χ0) is 24.4. The lowest BCUT2D eigenvalue weighted by molar-refractivity contribution is 0.149. The van der Waals surface area contributed by atoms with Crippen molar-refractivity contribution in [2.24, 2.45) is 5.41 Å². The third-order valence-electron chi connectivity index (χ3n) is 7.66. The zero-order valence-corrected chi connectivity index (χ0v) is 19.6. The number of imidazole rings is 1. The molecule has 1 fully saturated rings. The highest BCUT2D eigenvalue weighted by molar-refractivity contribution is 5.73. The van der Waals surface area contributed by atoms with Gasteiger partial charge in [-0.3, -0.25) is 0 Å². The molecule has 0 saturated heterocycles. The van der Waals surface area contributed by atoms with Gasteiger partial charge in [0.25, 0.3) is 0 Å². The topological polar surface area (TPSA) is 126 Å². The number of aliphatic hydroxyl groups is 1. The number of nitrogen functional groups attached to an aromatic ring is 1. The van der Waals surface area contributed by atoms with E-state index < -0.39 is 11.6 Å². The molecule has 0 spiro atoms. The highest BCUT2D eigenvalue weighted by Crippen LogP contribution is 2.49. The zero-order valence-electron chi connectivity index (χ0n) is 19.6. The highest BCUT2D eigenvalue weighted by atomic mass is 19.1. The number of benzene rings is 1. The third kappa shape index (κ3) is 3.39. The summed E-state index contributed by atoms with van der Waals surface area (Å²) < 4.78 is 15.4. The molecule has 180 valence electrons. The molecule has 2 aliphatic rings. The number of halogens is 1. The Morgan fingerprint density at radius 3 is 2.71 bits per heavy atom. The van der Waals surface area contributed by atoms with Crippen LogP contribution in [-0.2, 0) is 5.41 Å². The quantitative estimate of drug-likeness (QED) is 0.334. The van der Waals surface area contributed by atoms with Crippen molar-refractivity contribution < 1.29 is 9.50 Å². The highest BCUT2D eigenvalue weighted by Gasteiger charge is 2.47. The van der Waals surface area contributed by atoms with Crippen LogP contribution in [0.15, 0.2) is 42.9 Å². The SMILES string of the molecule is CCC1(CNc2nc(-c3nc(N)c4c(n3)NC(O)C4(C)c3ccc(F)cc3)cn3ccnc23)CC1. The number of aliphatic hydroxyl groups excluding tert-OH is 1. The predicted octanol–water partition coefficient (Wildman–Crippen LogP) is 3.56. The minimum atomic E-state index is -1.01. The minimum absolute atomic E-state index is 0.228. The van der Waals surface area contributed by atoms with Crippen molar-refractivity contribution in [2.75, 3.05) is 22.9 Å². The van der Waals surface area contributed by atoms with E-state index in [2.05, 4.69) is 32.5 Å². The average Bonchev–Trinajstić information content (AvgIpc) is 3.38. The van der Waals surface area contributed by atoms with Gasteiger partial charge >= 0.3 is 0 Å². The molecule has 10 heteroatoms. The number of hydrogen-bond donors (Lipinski definition) is 4. The summed E-state index contributed by atoms with van der Waals surface area (Å²) in [4.78, 5) is 18.5. The molecule has 0 amide bonds. The smallest absolute Gasteiger partial charge is 0.183 e. The molecule has 6 rings (SSSR count). The molecule has 0 bridgehead atoms. The van der Waals surface area contributed by atoms with E-state index in [4.69, 9.17) is 10.7 Å². The molecule has 1 aromatic carbocycles. The Morgan fingerprint density at radius 1 is 1.23 bits per heavy atom. The van der Waals surface area contributed by atoms with Crippen LogP contribution in [0.5, 0.6) is 0 Å². The van der Waals surface area contributed by atoms with Crippen LogP contribution in [0, 0.1) is 11.2 Å². The maximum atomic E-state index is 13.5. The largest absolute Gasteiger partial charge is 0.383 e. The van der Waals surface area contributed by atoms with Crippen molar-refractivity contribution in [3.8, 4) is 11.5 Å². The van der Waals surface area contributed by atoms with E-state index in [1.165, 1.54) is 25.0 Å². The van der Waals surface area contributed by atoms with Crippen LogP contribution in [0.2, 0.25) is 0 Å². The Morgan fingerprint density at radius 2 is 2.00 bits per heavy atom. The number of hydrogen-bond acceptors (Lipinski definition) is 8. The van der Waals surface area contributed by atoms with Gasteiger partial charge in [0.15, 0.2) is 17.3 Å². The number of nitrogens with zero attached hydrogens (tertiary/aromatic N) is 5. The average molecular weight is 475 g/mol. The molecule has 1 saturated carbocycles. The van der Waals surface area contributed by atoms with Gasteiger partial charge in [0.1, 0.15) is 29.4 Å². The molecule has 1 aliphatic carbocycles. The van der Waals surface area contributed by atoms with Crippen molar-refractivity contribution in [3.63, 3.8) is 0 Å². The van der Waals surface area contributed by atoms with E-state index in [1.807, 2.05) is 23.7 Å². The van der Waals surface area contributed by atoms with Gasteiger partial charge in [-0.1, -0.05) is 19.1 Å². The second kappa shape index (κ2) is 7.61. The van der Waals surface area contributed by atoms with Crippen molar-refractivity contribution in [1.29, 1.82) is 0 Å². The van der Waals surface area contributed by atoms with Gasteiger partial charge in [0.2, 0.25) is 0 Å². The summed E-state index contributed by atoms with van der Waals surface area (Å²) in [6.07, 6.45) is 7.92. The predicted molar refractivity (Wildman–Crippen MR) is 131 cm³/mol. The fraction of sp³-hybridized carbons (Fsp3) is 0.360. The second-order valence-corrected chi connectivity index (χ2v) is 9.75. The van der Waals surface area contributed by atoms with Gasteiger partial charge < -0.3 is 25.9 Å². The van der Waals surface area contributed by atoms with Gasteiger partial charge in [0.05, 0.1) is 11.0 Å². The molecule has 5 N–H and O–H groups in total. The summed E-state index contributed by atoms with van der Waals surface area (Å²) in [5.41, 5.74) is 8.37. The first kappa shape index (κ1) is 21.7. The van der Waals surface area contributed by atoms with Crippen molar-refractivity contribution >= 4 is 23.1 Å². The Balaban J connectivity index is 1.41. The summed E-state index contributed by atoms with van der Waals surface area (Å²) >= 11 is 0. The lowest BCUT2D eigenvalue weighted by atomic mass is 9.77. The monoisotopic (exact) mass is 474 g/mol. The van der Waals surface area contributed by atoms with Crippen LogP contribution < -0.4 is 16.4 Å². The van der Waals surface area contributed by atoms with E-state index in [0.717, 1.165) is 18.6 Å². The van der Waals surface area contributed by atoms with Crippen LogP contribution in [0.3, 0.4) is 0 Å². The number of nitrogens with two attached hydrogens (primary N) is 1. The Kier molecular flexibility index (Phi) is 4.72. The van der Waals surface area contributed by atoms with E-state index in [1.54, 1.807) is 18.3 Å². The molecule has 35 heavy (non-hydrogen) atoms. The van der Waals surface area contributed by atoms with E-state index in [9.17, 15) is 9.50 Å². The summed E-state index contributed by atoms with van der Waals surface area (Å²) in [7, 11) is 0. The Hall–Kier alpha value is -3.79. The molecule has 4 aromatic rings. The summed E-state index contributed by atoms with van der Waals surface area (Å²) in [5, 5.41) is 17.5. The molecular formula is C25H27FN8O. The molecule has 2 atom stereocenters. The lowest BCUT2D eigenvalue weighted by Crippen LogP contribution is -2.37. The van der Waals surface area contributed by atoms with Gasteiger partial charge in [-0.2, -0.15) is 0 Å². The molecule has 9 nitrogen and oxygen atoms in total. The molecular weight excluding hydrogens is 447 g/mol. The van der Waals surface area contributed by atoms with E-state index >= 15 is 0 Å². The van der Waals surface area contributed by atoms with E-state index in [-0.39, 0.29) is 11.6 Å². The Bertz CT molecular complexity index is 1430. The fourth-order valence-corrected chi connectivity index (χ4v) is 4.98. The first-order valence-corrected chi connectivity index (χ1v) is 11.8. The van der Waals surface area contributed by atoms with Gasteiger partial charge in [-0.15, -0.1) is 0 Å². The van der Waals surface area contributed by atoms with Crippen LogP contribution in [0.25, 0.3) is 17.2 Å². The maximum absolute atomic E-state index is 13.5. The number of rotatable bonds is 6. The minimum Gasteiger partial charge on any atom is -0.383 e. The fourth-order valence-electron chi connectivity index (χ4n) is 4.98. The van der Waals surface area contributed by atoms with Crippen molar-refractivity contribution in [3.05, 3.63) is 59.8 Å². The molecule has 1 aliphatic heterocycles. The number of fused-ring (bicyclic) bond motifs is 2. The summed E-state index contributed by atoms with van der Waals surface area (Å²) in [6.45, 7) is 4.88. The van der Waals surface area contributed by atoms with Gasteiger partial charge in [-0.25, -0.2) is 24.3 Å². The van der Waals surface area contributed by atoms with Crippen LogP contribution in [-0.4, -0.2) is 42.2 Å². The van der Waals surface area contributed by atoms with Crippen LogP contribution in [0.4, 0.5) is 21.8 Å². The molecule has 3 aromatic heterocycles. The molecule has 2 unspecified atom stereocenters. The van der Waals surface area contributed by atoms with Crippen molar-refractivity contribution in [1.82, 2.24) is 24.3 Å². The van der Waals surface area contributed by atoms with E-state index in [0.29, 0.717) is 39.7 Å². The van der Waals surface area contributed by atoms with Gasteiger partial charge in [-0.05, 0) is 49.3 Å².